The van der Waals surface area contributed by atoms with Crippen molar-refractivity contribution in [1.82, 2.24) is 0 Å². The van der Waals surface area contributed by atoms with E-state index in [1.165, 1.54) is 25.7 Å². The lowest BCUT2D eigenvalue weighted by molar-refractivity contribution is 0.659. The average Bonchev–Trinajstić information content (AvgIpc) is 2.01. The molecule has 1 unspecified atom stereocenters. The van der Waals surface area contributed by atoms with Gasteiger partial charge in [0.1, 0.15) is 0 Å². The molecule has 0 radical (unpaired) electrons. The molecule has 0 spiro atoms. The second-order valence-electron chi connectivity index (χ2n) is 3.49. The Morgan fingerprint density at radius 2 is 2.36 bits per heavy atom. The van der Waals surface area contributed by atoms with E-state index < -0.39 is 0 Å². The Kier molecular flexibility index (Phi) is 3.41. The molecule has 0 aliphatic heterocycles. The fourth-order valence-electron chi connectivity index (χ4n) is 1.52. The monoisotopic (exact) mass is 150 g/mol. The van der Waals surface area contributed by atoms with Crippen LogP contribution in [0.2, 0.25) is 0 Å². The van der Waals surface area contributed by atoms with E-state index in [-0.39, 0.29) is 0 Å². The summed E-state index contributed by atoms with van der Waals surface area (Å²) in [5.41, 5.74) is 1.64. The number of rotatable bonds is 3. The van der Waals surface area contributed by atoms with Crippen molar-refractivity contribution < 1.29 is 0 Å². The van der Waals surface area contributed by atoms with Gasteiger partial charge in [-0.05, 0) is 25.2 Å². The van der Waals surface area contributed by atoms with Gasteiger partial charge in [-0.3, -0.25) is 0 Å². The van der Waals surface area contributed by atoms with E-state index in [1.807, 2.05) is 0 Å². The second kappa shape index (κ2) is 4.38. The van der Waals surface area contributed by atoms with Gasteiger partial charge in [0.25, 0.3) is 0 Å². The third-order valence-electron chi connectivity index (χ3n) is 2.21. The van der Waals surface area contributed by atoms with Crippen LogP contribution < -0.4 is 0 Å². The first-order valence-corrected chi connectivity index (χ1v) is 4.69. The minimum absolute atomic E-state index is 0.770. The molecule has 0 saturated carbocycles. The lowest BCUT2D eigenvalue weighted by Gasteiger charge is -2.13. The molecule has 0 aromatic heterocycles. The third kappa shape index (κ3) is 2.92. The molecule has 0 N–H and O–H groups in total. The van der Waals surface area contributed by atoms with E-state index in [1.54, 1.807) is 5.57 Å². The van der Waals surface area contributed by atoms with Gasteiger partial charge >= 0.3 is 0 Å². The first-order chi connectivity index (χ1) is 5.33. The van der Waals surface area contributed by atoms with Gasteiger partial charge in [-0.2, -0.15) is 0 Å². The second-order valence-corrected chi connectivity index (χ2v) is 3.49. The smallest absolute Gasteiger partial charge is 0.0221 e. The Bertz CT molecular complexity index is 163. The highest BCUT2D eigenvalue weighted by Crippen LogP contribution is 2.21. The Morgan fingerprint density at radius 3 is 3.00 bits per heavy atom. The minimum atomic E-state index is 0.770. The van der Waals surface area contributed by atoms with E-state index in [0.717, 1.165) is 5.92 Å². The molecule has 0 bridgehead atoms. The van der Waals surface area contributed by atoms with Crippen LogP contribution in [-0.4, -0.2) is 0 Å². The topological polar surface area (TPSA) is 0 Å². The van der Waals surface area contributed by atoms with Crippen LogP contribution in [0.5, 0.6) is 0 Å². The van der Waals surface area contributed by atoms with Gasteiger partial charge in [-0.15, -0.1) is 0 Å². The Balaban J connectivity index is 2.33. The van der Waals surface area contributed by atoms with E-state index >= 15 is 0 Å². The molecule has 0 fully saturated rings. The summed E-state index contributed by atoms with van der Waals surface area (Å²) in [6, 6.07) is 0. The summed E-state index contributed by atoms with van der Waals surface area (Å²) < 4.78 is 0. The predicted molar refractivity (Wildman–Crippen MR) is 50.5 cm³/mol. The predicted octanol–water partition coefficient (Wildman–Crippen LogP) is 3.70. The van der Waals surface area contributed by atoms with Crippen LogP contribution in [0.15, 0.2) is 23.8 Å². The summed E-state index contributed by atoms with van der Waals surface area (Å²) in [4.78, 5) is 0. The molecule has 1 aliphatic rings. The fraction of sp³-hybridized carbons (Fsp3) is 0.636. The van der Waals surface area contributed by atoms with Crippen molar-refractivity contribution in [3.05, 3.63) is 23.8 Å². The molecule has 0 heterocycles. The molecule has 0 aromatic rings. The first-order valence-electron chi connectivity index (χ1n) is 4.69. The molecular formula is C11H18. The maximum atomic E-state index is 2.29. The standard InChI is InChI=1S/C11H18/c1-3-4-7-11-8-5-6-10(2)9-11/h5-6,8,10H,3-4,7,9H2,1-2H3. The van der Waals surface area contributed by atoms with Gasteiger partial charge in [0.2, 0.25) is 0 Å². The molecular weight excluding hydrogens is 132 g/mol. The molecule has 1 rings (SSSR count). The molecule has 62 valence electrons. The van der Waals surface area contributed by atoms with E-state index in [0.29, 0.717) is 0 Å². The maximum Gasteiger partial charge on any atom is -0.0221 e. The number of allylic oxidation sites excluding steroid dienone is 4. The molecule has 0 nitrogen and oxygen atoms in total. The molecule has 0 amide bonds. The summed E-state index contributed by atoms with van der Waals surface area (Å²) in [7, 11) is 0. The van der Waals surface area contributed by atoms with E-state index in [4.69, 9.17) is 0 Å². The molecule has 0 heteroatoms. The van der Waals surface area contributed by atoms with Crippen LogP contribution in [0.4, 0.5) is 0 Å². The largest absolute Gasteiger partial charge is 0.0814 e. The highest BCUT2D eigenvalue weighted by atomic mass is 14.1. The summed E-state index contributed by atoms with van der Waals surface area (Å²) in [6.45, 7) is 4.54. The van der Waals surface area contributed by atoms with Gasteiger partial charge in [-0.1, -0.05) is 44.1 Å². The van der Waals surface area contributed by atoms with Crippen LogP contribution in [-0.2, 0) is 0 Å². The zero-order chi connectivity index (χ0) is 8.10. The number of hydrogen-bond acceptors (Lipinski definition) is 0. The average molecular weight is 150 g/mol. The molecule has 11 heavy (non-hydrogen) atoms. The van der Waals surface area contributed by atoms with E-state index in [2.05, 4.69) is 32.1 Å². The van der Waals surface area contributed by atoms with E-state index in [9.17, 15) is 0 Å². The summed E-state index contributed by atoms with van der Waals surface area (Å²) in [6.07, 6.45) is 12.0. The van der Waals surface area contributed by atoms with Gasteiger partial charge in [0, 0.05) is 0 Å². The molecule has 0 saturated heterocycles. The number of hydrogen-bond donors (Lipinski definition) is 0. The Hall–Kier alpha value is -0.520. The van der Waals surface area contributed by atoms with Crippen molar-refractivity contribution in [1.29, 1.82) is 0 Å². The van der Waals surface area contributed by atoms with Crippen LogP contribution >= 0.6 is 0 Å². The van der Waals surface area contributed by atoms with Crippen LogP contribution in [0, 0.1) is 5.92 Å². The Labute approximate surface area is 70.0 Å². The molecule has 1 atom stereocenters. The number of unbranched alkanes of at least 4 members (excludes halogenated alkanes) is 1. The van der Waals surface area contributed by atoms with Gasteiger partial charge in [0.15, 0.2) is 0 Å². The summed E-state index contributed by atoms with van der Waals surface area (Å²) in [5, 5.41) is 0. The quantitative estimate of drug-likeness (QED) is 0.575. The normalized spacial score (nSPS) is 23.5. The fourth-order valence-corrected chi connectivity index (χ4v) is 1.52. The SMILES string of the molecule is CCCCC1=CC=CC(C)C1. The van der Waals surface area contributed by atoms with Crippen molar-refractivity contribution in [2.24, 2.45) is 5.92 Å². The lowest BCUT2D eigenvalue weighted by Crippen LogP contribution is -1.97. The maximum absolute atomic E-state index is 2.29. The zero-order valence-corrected chi connectivity index (χ0v) is 7.64. The van der Waals surface area contributed by atoms with Crippen molar-refractivity contribution >= 4 is 0 Å². The third-order valence-corrected chi connectivity index (χ3v) is 2.21. The van der Waals surface area contributed by atoms with Crippen molar-refractivity contribution in [3.63, 3.8) is 0 Å². The van der Waals surface area contributed by atoms with Gasteiger partial charge in [-0.25, -0.2) is 0 Å². The highest BCUT2D eigenvalue weighted by Gasteiger charge is 2.04. The van der Waals surface area contributed by atoms with Crippen molar-refractivity contribution in [2.45, 2.75) is 39.5 Å². The highest BCUT2D eigenvalue weighted by molar-refractivity contribution is 5.19. The first kappa shape index (κ1) is 8.58. The van der Waals surface area contributed by atoms with Crippen LogP contribution in [0.3, 0.4) is 0 Å². The van der Waals surface area contributed by atoms with Gasteiger partial charge < -0.3 is 0 Å². The summed E-state index contributed by atoms with van der Waals surface area (Å²) >= 11 is 0. The molecule has 0 aromatic carbocycles. The van der Waals surface area contributed by atoms with Crippen LogP contribution in [0.25, 0.3) is 0 Å². The minimum Gasteiger partial charge on any atom is -0.0814 e. The van der Waals surface area contributed by atoms with Crippen molar-refractivity contribution in [3.8, 4) is 0 Å². The van der Waals surface area contributed by atoms with Gasteiger partial charge in [0.05, 0.1) is 0 Å². The van der Waals surface area contributed by atoms with Crippen molar-refractivity contribution in [2.75, 3.05) is 0 Å². The zero-order valence-electron chi connectivity index (χ0n) is 7.64. The summed E-state index contributed by atoms with van der Waals surface area (Å²) in [5.74, 6) is 0.770. The molecule has 1 aliphatic carbocycles. The van der Waals surface area contributed by atoms with Crippen LogP contribution in [0.1, 0.15) is 39.5 Å². The Morgan fingerprint density at radius 1 is 1.55 bits per heavy atom. The lowest BCUT2D eigenvalue weighted by atomic mass is 9.93.